The highest BCUT2D eigenvalue weighted by molar-refractivity contribution is 6.30. The van der Waals surface area contributed by atoms with Crippen LogP contribution in [0.1, 0.15) is 31.9 Å². The van der Waals surface area contributed by atoms with Gasteiger partial charge in [0, 0.05) is 11.6 Å². The molecule has 2 aromatic rings. The maximum absolute atomic E-state index is 12.0. The van der Waals surface area contributed by atoms with Crippen molar-refractivity contribution >= 4 is 23.5 Å². The zero-order valence-corrected chi connectivity index (χ0v) is 16.5. The summed E-state index contributed by atoms with van der Waals surface area (Å²) in [5.74, 6) is 0.0777. The van der Waals surface area contributed by atoms with Crippen LogP contribution in [0.5, 0.6) is 5.75 Å². The van der Waals surface area contributed by atoms with Gasteiger partial charge in [-0.15, -0.1) is 0 Å². The van der Waals surface area contributed by atoms with E-state index in [0.717, 1.165) is 11.1 Å². The van der Waals surface area contributed by atoms with Crippen LogP contribution in [0.4, 0.5) is 0 Å². The number of hydrogen-bond acceptors (Lipinski definition) is 4. The number of rotatable bonds is 8. The van der Waals surface area contributed by atoms with E-state index in [4.69, 9.17) is 21.1 Å². The molecule has 27 heavy (non-hydrogen) atoms. The summed E-state index contributed by atoms with van der Waals surface area (Å²) in [7, 11) is 0. The Morgan fingerprint density at radius 3 is 2.19 bits per heavy atom. The second-order valence-corrected chi connectivity index (χ2v) is 6.99. The first-order valence-corrected chi connectivity index (χ1v) is 9.14. The van der Waals surface area contributed by atoms with Gasteiger partial charge in [-0.25, -0.2) is 4.79 Å². The van der Waals surface area contributed by atoms with Crippen LogP contribution in [0.2, 0.25) is 5.02 Å². The Morgan fingerprint density at radius 1 is 1.00 bits per heavy atom. The van der Waals surface area contributed by atoms with Gasteiger partial charge in [0.25, 0.3) is 0 Å². The van der Waals surface area contributed by atoms with Crippen LogP contribution in [0.3, 0.4) is 0 Å². The summed E-state index contributed by atoms with van der Waals surface area (Å²) in [5.41, 5.74) is 0.771. The minimum Gasteiger partial charge on any atom is -0.476 e. The van der Waals surface area contributed by atoms with Crippen molar-refractivity contribution in [3.63, 3.8) is 0 Å². The number of hydrogen-bond donors (Lipinski definition) is 1. The lowest BCUT2D eigenvalue weighted by Gasteiger charge is -2.24. The third kappa shape index (κ3) is 6.61. The van der Waals surface area contributed by atoms with Crippen molar-refractivity contribution in [3.05, 3.63) is 64.7 Å². The van der Waals surface area contributed by atoms with Gasteiger partial charge in [0.2, 0.25) is 5.91 Å². The zero-order valence-electron chi connectivity index (χ0n) is 15.8. The Morgan fingerprint density at radius 2 is 1.59 bits per heavy atom. The lowest BCUT2D eigenvalue weighted by atomic mass is 10.1. The van der Waals surface area contributed by atoms with Gasteiger partial charge in [-0.3, -0.25) is 4.79 Å². The fourth-order valence-electron chi connectivity index (χ4n) is 2.37. The van der Waals surface area contributed by atoms with E-state index >= 15 is 0 Å². The van der Waals surface area contributed by atoms with Crippen LogP contribution in [0.25, 0.3) is 0 Å². The quantitative estimate of drug-likeness (QED) is 0.695. The van der Waals surface area contributed by atoms with Crippen LogP contribution in [0, 0.1) is 0 Å². The van der Waals surface area contributed by atoms with Crippen molar-refractivity contribution in [2.45, 2.75) is 39.3 Å². The maximum Gasteiger partial charge on any atom is 0.349 e. The number of halogens is 1. The van der Waals surface area contributed by atoms with Crippen molar-refractivity contribution < 1.29 is 19.1 Å². The molecule has 6 heteroatoms. The van der Waals surface area contributed by atoms with Crippen LogP contribution < -0.4 is 10.1 Å². The lowest BCUT2D eigenvalue weighted by molar-refractivity contribution is -0.158. The largest absolute Gasteiger partial charge is 0.476 e. The molecule has 2 aromatic carbocycles. The minimum absolute atomic E-state index is 0.0684. The van der Waals surface area contributed by atoms with E-state index in [-0.39, 0.29) is 5.91 Å². The van der Waals surface area contributed by atoms with E-state index in [9.17, 15) is 9.59 Å². The van der Waals surface area contributed by atoms with Crippen molar-refractivity contribution in [1.29, 1.82) is 0 Å². The number of carbonyl (C=O) groups excluding carboxylic acids is 2. The van der Waals surface area contributed by atoms with Gasteiger partial charge < -0.3 is 14.8 Å². The molecule has 0 bridgehead atoms. The maximum atomic E-state index is 12.0. The molecule has 0 fully saturated rings. The molecule has 5 nitrogen and oxygen atoms in total. The Labute approximate surface area is 164 Å². The summed E-state index contributed by atoms with van der Waals surface area (Å²) < 4.78 is 10.7. The van der Waals surface area contributed by atoms with Crippen molar-refractivity contribution in [3.8, 4) is 5.75 Å². The standard InChI is InChI=1S/C21H24ClNO4/c1-4-26-20(25)21(2,3)27-18-11-7-16(8-12-18)14-23-19(24)13-15-5-9-17(22)10-6-15/h5-12H,4,13-14H2,1-3H3,(H,23,24). The molecule has 1 amide bonds. The molecule has 0 radical (unpaired) electrons. The SMILES string of the molecule is CCOC(=O)C(C)(C)Oc1ccc(CNC(=O)Cc2ccc(Cl)cc2)cc1. The monoisotopic (exact) mass is 389 g/mol. The summed E-state index contributed by atoms with van der Waals surface area (Å²) in [5, 5.41) is 3.52. The second kappa shape index (κ2) is 9.42. The Bertz CT molecular complexity index is 770. The molecule has 0 unspecified atom stereocenters. The van der Waals surface area contributed by atoms with Gasteiger partial charge in [0.15, 0.2) is 5.60 Å². The molecule has 1 N–H and O–H groups in total. The number of carbonyl (C=O) groups is 2. The van der Waals surface area contributed by atoms with Crippen molar-refractivity contribution in [1.82, 2.24) is 5.32 Å². The predicted octanol–water partition coefficient (Wildman–Crippen LogP) is 3.92. The number of ether oxygens (including phenoxy) is 2. The average molecular weight is 390 g/mol. The molecule has 0 saturated heterocycles. The van der Waals surface area contributed by atoms with Crippen LogP contribution in [0.15, 0.2) is 48.5 Å². The Kier molecular flexibility index (Phi) is 7.25. The molecule has 0 aliphatic heterocycles. The van der Waals surface area contributed by atoms with Crippen LogP contribution >= 0.6 is 11.6 Å². The van der Waals surface area contributed by atoms with E-state index in [1.165, 1.54) is 0 Å². The summed E-state index contributed by atoms with van der Waals surface area (Å²) >= 11 is 5.84. The molecule has 0 aromatic heterocycles. The molecular formula is C21H24ClNO4. The van der Waals surface area contributed by atoms with E-state index in [0.29, 0.717) is 30.3 Å². The van der Waals surface area contributed by atoms with Crippen molar-refractivity contribution in [2.24, 2.45) is 0 Å². The number of benzene rings is 2. The molecule has 0 atom stereocenters. The van der Waals surface area contributed by atoms with E-state index in [2.05, 4.69) is 5.32 Å². The minimum atomic E-state index is -1.07. The molecule has 2 rings (SSSR count). The second-order valence-electron chi connectivity index (χ2n) is 6.56. The summed E-state index contributed by atoms with van der Waals surface area (Å²) in [6.07, 6.45) is 0.298. The molecule has 144 valence electrons. The molecule has 0 heterocycles. The average Bonchev–Trinajstić information content (AvgIpc) is 2.63. The lowest BCUT2D eigenvalue weighted by Crippen LogP contribution is -2.39. The highest BCUT2D eigenvalue weighted by Crippen LogP contribution is 2.20. The van der Waals surface area contributed by atoms with Gasteiger partial charge in [-0.05, 0) is 56.2 Å². The number of esters is 1. The van der Waals surface area contributed by atoms with Gasteiger partial charge in [0.1, 0.15) is 5.75 Å². The first-order chi connectivity index (χ1) is 12.8. The molecule has 0 spiro atoms. The van der Waals surface area contributed by atoms with Gasteiger partial charge in [-0.2, -0.15) is 0 Å². The smallest absolute Gasteiger partial charge is 0.349 e. The van der Waals surface area contributed by atoms with E-state index in [1.54, 1.807) is 45.0 Å². The Hall–Kier alpha value is -2.53. The molecule has 0 aliphatic carbocycles. The summed E-state index contributed by atoms with van der Waals surface area (Å²) in [6, 6.07) is 14.4. The highest BCUT2D eigenvalue weighted by Gasteiger charge is 2.31. The van der Waals surface area contributed by atoms with Gasteiger partial charge in [0.05, 0.1) is 13.0 Å². The molecule has 0 aliphatic rings. The summed E-state index contributed by atoms with van der Waals surface area (Å²) in [6.45, 7) is 5.80. The first-order valence-electron chi connectivity index (χ1n) is 8.76. The summed E-state index contributed by atoms with van der Waals surface area (Å²) in [4.78, 5) is 23.9. The normalized spacial score (nSPS) is 11.0. The third-order valence-electron chi connectivity index (χ3n) is 3.83. The topological polar surface area (TPSA) is 64.6 Å². The third-order valence-corrected chi connectivity index (χ3v) is 4.08. The fraction of sp³-hybridized carbons (Fsp3) is 0.333. The molecular weight excluding hydrogens is 366 g/mol. The predicted molar refractivity (Wildman–Crippen MR) is 105 cm³/mol. The number of nitrogens with one attached hydrogen (secondary N) is 1. The molecule has 0 saturated carbocycles. The van der Waals surface area contributed by atoms with Crippen LogP contribution in [-0.4, -0.2) is 24.1 Å². The first kappa shape index (κ1) is 20.8. The van der Waals surface area contributed by atoms with Gasteiger partial charge >= 0.3 is 5.97 Å². The Balaban J connectivity index is 1.85. The number of amides is 1. The van der Waals surface area contributed by atoms with Gasteiger partial charge in [-0.1, -0.05) is 35.9 Å². The zero-order chi connectivity index (χ0) is 19.9. The van der Waals surface area contributed by atoms with E-state index in [1.807, 2.05) is 24.3 Å². The highest BCUT2D eigenvalue weighted by atomic mass is 35.5. The van der Waals surface area contributed by atoms with Crippen molar-refractivity contribution in [2.75, 3.05) is 6.61 Å². The van der Waals surface area contributed by atoms with Crippen LogP contribution in [-0.2, 0) is 27.3 Å². The fourth-order valence-corrected chi connectivity index (χ4v) is 2.49. The van der Waals surface area contributed by atoms with E-state index < -0.39 is 11.6 Å².